The second kappa shape index (κ2) is 2.58. The molecule has 3 N–H and O–H groups in total. The van der Waals surface area contributed by atoms with E-state index in [-0.39, 0.29) is 11.9 Å². The van der Waals surface area contributed by atoms with Crippen LogP contribution in [0.2, 0.25) is 0 Å². The Morgan fingerprint density at radius 1 is 1.43 bits per heavy atom. The molecule has 0 amide bonds. The van der Waals surface area contributed by atoms with Gasteiger partial charge in [0.25, 0.3) is 0 Å². The van der Waals surface area contributed by atoms with E-state index in [1.165, 1.54) is 17.7 Å². The molecular formula is C11H11FN2. The third-order valence-electron chi connectivity index (χ3n) is 2.98. The first-order valence-electron chi connectivity index (χ1n) is 4.81. The van der Waals surface area contributed by atoms with Crippen molar-refractivity contribution in [1.82, 2.24) is 4.98 Å². The lowest BCUT2D eigenvalue weighted by Crippen LogP contribution is -2.05. The molecule has 0 bridgehead atoms. The van der Waals surface area contributed by atoms with Crippen LogP contribution in [0.3, 0.4) is 0 Å². The normalized spacial score (nSPS) is 20.3. The van der Waals surface area contributed by atoms with E-state index in [2.05, 4.69) is 4.98 Å². The Kier molecular flexibility index (Phi) is 1.47. The van der Waals surface area contributed by atoms with Crippen molar-refractivity contribution in [2.45, 2.75) is 18.9 Å². The molecule has 14 heavy (non-hydrogen) atoms. The van der Waals surface area contributed by atoms with Gasteiger partial charge < -0.3 is 10.7 Å². The van der Waals surface area contributed by atoms with Crippen LogP contribution in [0.1, 0.15) is 23.7 Å². The van der Waals surface area contributed by atoms with Crippen LogP contribution < -0.4 is 5.73 Å². The summed E-state index contributed by atoms with van der Waals surface area (Å²) in [6.45, 7) is 0. The lowest BCUT2D eigenvalue weighted by molar-refractivity contribution is 0.629. The Morgan fingerprint density at radius 2 is 2.29 bits per heavy atom. The van der Waals surface area contributed by atoms with Crippen LogP contribution in [-0.4, -0.2) is 4.98 Å². The summed E-state index contributed by atoms with van der Waals surface area (Å²) in [7, 11) is 0. The first-order valence-corrected chi connectivity index (χ1v) is 4.81. The van der Waals surface area contributed by atoms with Crippen molar-refractivity contribution in [3.8, 4) is 0 Å². The molecule has 0 spiro atoms. The van der Waals surface area contributed by atoms with Gasteiger partial charge in [-0.25, -0.2) is 4.39 Å². The highest BCUT2D eigenvalue weighted by atomic mass is 19.1. The number of aryl methyl sites for hydroxylation is 1. The van der Waals surface area contributed by atoms with Gasteiger partial charge in [-0.2, -0.15) is 0 Å². The van der Waals surface area contributed by atoms with Crippen molar-refractivity contribution >= 4 is 10.9 Å². The van der Waals surface area contributed by atoms with Gasteiger partial charge in [-0.15, -0.1) is 0 Å². The maximum atomic E-state index is 12.9. The average Bonchev–Trinajstić information content (AvgIpc) is 2.66. The zero-order valence-corrected chi connectivity index (χ0v) is 7.68. The van der Waals surface area contributed by atoms with Gasteiger partial charge in [-0.3, -0.25) is 0 Å². The molecule has 1 unspecified atom stereocenters. The van der Waals surface area contributed by atoms with E-state index < -0.39 is 0 Å². The second-order valence-corrected chi connectivity index (χ2v) is 3.85. The molecule has 72 valence electrons. The lowest BCUT2D eigenvalue weighted by atomic mass is 10.1. The van der Waals surface area contributed by atoms with E-state index in [0.717, 1.165) is 29.4 Å². The van der Waals surface area contributed by atoms with Crippen molar-refractivity contribution in [3.63, 3.8) is 0 Å². The number of halogens is 1. The Morgan fingerprint density at radius 3 is 3.14 bits per heavy atom. The minimum Gasteiger partial charge on any atom is -0.357 e. The largest absolute Gasteiger partial charge is 0.357 e. The lowest BCUT2D eigenvalue weighted by Gasteiger charge is -1.99. The summed E-state index contributed by atoms with van der Waals surface area (Å²) >= 11 is 0. The average molecular weight is 190 g/mol. The zero-order chi connectivity index (χ0) is 9.71. The zero-order valence-electron chi connectivity index (χ0n) is 7.68. The van der Waals surface area contributed by atoms with Crippen LogP contribution in [0.15, 0.2) is 18.2 Å². The van der Waals surface area contributed by atoms with Gasteiger partial charge in [-0.1, -0.05) is 0 Å². The van der Waals surface area contributed by atoms with Crippen molar-refractivity contribution in [2.24, 2.45) is 5.73 Å². The summed E-state index contributed by atoms with van der Waals surface area (Å²) in [5, 5.41) is 1.12. The van der Waals surface area contributed by atoms with Crippen LogP contribution in [0.5, 0.6) is 0 Å². The quantitative estimate of drug-likeness (QED) is 0.657. The van der Waals surface area contributed by atoms with Gasteiger partial charge in [0.15, 0.2) is 0 Å². The van der Waals surface area contributed by atoms with Crippen LogP contribution in [0, 0.1) is 5.82 Å². The van der Waals surface area contributed by atoms with E-state index in [1.807, 2.05) is 6.07 Å². The topological polar surface area (TPSA) is 41.8 Å². The maximum Gasteiger partial charge on any atom is 0.125 e. The molecule has 2 aromatic rings. The summed E-state index contributed by atoms with van der Waals surface area (Å²) in [4.78, 5) is 3.20. The summed E-state index contributed by atoms with van der Waals surface area (Å²) in [5.41, 5.74) is 9.15. The molecule has 1 atom stereocenters. The number of rotatable bonds is 0. The molecule has 1 aliphatic rings. The third-order valence-corrected chi connectivity index (χ3v) is 2.98. The predicted molar refractivity (Wildman–Crippen MR) is 53.5 cm³/mol. The Hall–Kier alpha value is -1.35. The van der Waals surface area contributed by atoms with Gasteiger partial charge in [0.05, 0.1) is 0 Å². The minimum absolute atomic E-state index is 0.0976. The number of nitrogens with one attached hydrogen (secondary N) is 1. The van der Waals surface area contributed by atoms with E-state index in [9.17, 15) is 4.39 Å². The maximum absolute atomic E-state index is 12.9. The molecule has 1 aromatic carbocycles. The van der Waals surface area contributed by atoms with Crippen LogP contribution >= 0.6 is 0 Å². The minimum atomic E-state index is -0.203. The number of aromatic nitrogens is 1. The monoisotopic (exact) mass is 190 g/mol. The van der Waals surface area contributed by atoms with Gasteiger partial charge in [-0.05, 0) is 36.6 Å². The van der Waals surface area contributed by atoms with Crippen LogP contribution in [0.4, 0.5) is 4.39 Å². The first-order chi connectivity index (χ1) is 6.75. The van der Waals surface area contributed by atoms with Crippen molar-refractivity contribution in [3.05, 3.63) is 35.3 Å². The molecule has 0 aliphatic heterocycles. The van der Waals surface area contributed by atoms with Crippen LogP contribution in [-0.2, 0) is 6.42 Å². The Balaban J connectivity index is 2.34. The molecule has 0 saturated heterocycles. The summed E-state index contributed by atoms with van der Waals surface area (Å²) in [6, 6.07) is 4.96. The molecule has 2 nitrogen and oxygen atoms in total. The first kappa shape index (κ1) is 8.00. The highest BCUT2D eigenvalue weighted by Crippen LogP contribution is 2.34. The van der Waals surface area contributed by atoms with Gasteiger partial charge in [0.1, 0.15) is 5.82 Å². The fraction of sp³-hybridized carbons (Fsp3) is 0.273. The van der Waals surface area contributed by atoms with Gasteiger partial charge in [0, 0.05) is 22.6 Å². The number of hydrogen-bond acceptors (Lipinski definition) is 1. The van der Waals surface area contributed by atoms with Crippen LogP contribution in [0.25, 0.3) is 10.9 Å². The second-order valence-electron chi connectivity index (χ2n) is 3.85. The highest BCUT2D eigenvalue weighted by molar-refractivity contribution is 5.85. The molecule has 1 aliphatic carbocycles. The molecule has 0 fully saturated rings. The fourth-order valence-corrected chi connectivity index (χ4v) is 2.28. The van der Waals surface area contributed by atoms with E-state index in [1.54, 1.807) is 0 Å². The summed E-state index contributed by atoms with van der Waals surface area (Å²) in [6.07, 6.45) is 2.00. The molecular weight excluding hydrogens is 179 g/mol. The van der Waals surface area contributed by atoms with E-state index in [4.69, 9.17) is 5.73 Å². The molecule has 3 rings (SSSR count). The Bertz CT molecular complexity index is 501. The molecule has 1 aromatic heterocycles. The number of nitrogens with two attached hydrogens (primary N) is 1. The number of aromatic amines is 1. The number of fused-ring (bicyclic) bond motifs is 3. The standard InChI is InChI=1S/C11H11FN2/c12-6-1-2-7-8-3-4-9(13)11(8)14-10(7)5-6/h1-2,5,9,14H,3-4,13H2. The van der Waals surface area contributed by atoms with E-state index >= 15 is 0 Å². The number of benzene rings is 1. The SMILES string of the molecule is NC1CCc2c1[nH]c1cc(F)ccc21. The Labute approximate surface area is 80.9 Å². The number of H-pyrrole nitrogens is 1. The molecule has 1 heterocycles. The number of hydrogen-bond donors (Lipinski definition) is 2. The highest BCUT2D eigenvalue weighted by Gasteiger charge is 2.23. The van der Waals surface area contributed by atoms with Gasteiger partial charge in [0.2, 0.25) is 0 Å². The van der Waals surface area contributed by atoms with E-state index in [0.29, 0.717) is 0 Å². The summed E-state index contributed by atoms with van der Waals surface area (Å²) < 4.78 is 12.9. The van der Waals surface area contributed by atoms with Crippen molar-refractivity contribution in [1.29, 1.82) is 0 Å². The van der Waals surface area contributed by atoms with Crippen molar-refractivity contribution < 1.29 is 4.39 Å². The smallest absolute Gasteiger partial charge is 0.125 e. The van der Waals surface area contributed by atoms with Gasteiger partial charge >= 0.3 is 0 Å². The third kappa shape index (κ3) is 0.930. The summed E-state index contributed by atoms with van der Waals surface area (Å²) in [5.74, 6) is -0.203. The molecule has 0 saturated carbocycles. The van der Waals surface area contributed by atoms with Crippen molar-refractivity contribution in [2.75, 3.05) is 0 Å². The predicted octanol–water partition coefficient (Wildman–Crippen LogP) is 2.25. The molecule has 3 heteroatoms. The fourth-order valence-electron chi connectivity index (χ4n) is 2.28. The molecule has 0 radical (unpaired) electrons.